The smallest absolute Gasteiger partial charge is 0.356 e. The molecule has 2 aromatic carbocycles. The first-order valence-corrected chi connectivity index (χ1v) is 6.36. The Balaban J connectivity index is 1.68. The quantitative estimate of drug-likeness (QED) is 0.624. The molecule has 0 saturated carbocycles. The topological polar surface area (TPSA) is 68.5 Å². The number of para-hydroxylation sites is 2. The lowest BCUT2D eigenvalue weighted by Crippen LogP contribution is -2.39. The summed E-state index contributed by atoms with van der Waals surface area (Å²) in [6.45, 7) is 0.103. The zero-order valence-corrected chi connectivity index (χ0v) is 11.0. The number of fused-ring (bicyclic) bond motifs is 1. The Morgan fingerprint density at radius 1 is 1.14 bits per heavy atom. The van der Waals surface area contributed by atoms with Crippen molar-refractivity contribution >= 4 is 5.97 Å². The zero-order valence-electron chi connectivity index (χ0n) is 11.0. The summed E-state index contributed by atoms with van der Waals surface area (Å²) in [5.41, 5.74) is 0.501. The maximum Gasteiger partial charge on any atom is 0.356 e. The second-order valence-electron chi connectivity index (χ2n) is 4.42. The van der Waals surface area contributed by atoms with E-state index in [0.717, 1.165) is 0 Å². The summed E-state index contributed by atoms with van der Waals surface area (Å²) in [7, 11) is 0. The van der Waals surface area contributed by atoms with Crippen LogP contribution in [0.1, 0.15) is 5.56 Å². The van der Waals surface area contributed by atoms with Crippen molar-refractivity contribution < 1.29 is 19.0 Å². The fraction of sp³-hybridized carbons (Fsp3) is 0.125. The number of carbonyl (C=O) groups is 1. The molecule has 0 N–H and O–H groups in total. The van der Waals surface area contributed by atoms with Crippen molar-refractivity contribution in [2.75, 3.05) is 6.61 Å². The van der Waals surface area contributed by atoms with Gasteiger partial charge in [0.05, 0.1) is 11.6 Å². The molecule has 0 aliphatic carbocycles. The van der Waals surface area contributed by atoms with Crippen LogP contribution in [0.15, 0.2) is 48.5 Å². The van der Waals surface area contributed by atoms with Crippen LogP contribution in [0.3, 0.4) is 0 Å². The van der Waals surface area contributed by atoms with E-state index in [1.54, 1.807) is 42.5 Å². The first-order valence-electron chi connectivity index (χ1n) is 6.36. The van der Waals surface area contributed by atoms with Crippen molar-refractivity contribution in [2.24, 2.45) is 0 Å². The summed E-state index contributed by atoms with van der Waals surface area (Å²) >= 11 is 0. The molecule has 1 atom stereocenters. The molecule has 3 rings (SSSR count). The molecule has 5 nitrogen and oxygen atoms in total. The number of benzene rings is 2. The minimum Gasteiger partial charge on any atom is -0.485 e. The van der Waals surface area contributed by atoms with E-state index in [-0.39, 0.29) is 6.61 Å². The molecule has 0 amide bonds. The van der Waals surface area contributed by atoms with E-state index in [4.69, 9.17) is 19.5 Å². The minimum atomic E-state index is -0.810. The van der Waals surface area contributed by atoms with Crippen LogP contribution in [0, 0.1) is 11.3 Å². The summed E-state index contributed by atoms with van der Waals surface area (Å²) < 4.78 is 16.2. The average Bonchev–Trinajstić information content (AvgIpc) is 2.55. The van der Waals surface area contributed by atoms with Crippen LogP contribution in [0.2, 0.25) is 0 Å². The fourth-order valence-corrected chi connectivity index (χ4v) is 1.92. The zero-order chi connectivity index (χ0) is 14.7. The normalized spacial score (nSPS) is 15.9. The second-order valence-corrected chi connectivity index (χ2v) is 4.42. The first kappa shape index (κ1) is 13.0. The molecule has 0 saturated heterocycles. The number of esters is 1. The van der Waals surface area contributed by atoms with Gasteiger partial charge in [-0.25, -0.2) is 4.79 Å². The highest BCUT2D eigenvalue weighted by molar-refractivity contribution is 5.78. The molecule has 1 heterocycles. The number of rotatable bonds is 2. The predicted molar refractivity (Wildman–Crippen MR) is 73.1 cm³/mol. The van der Waals surface area contributed by atoms with E-state index in [9.17, 15) is 4.79 Å². The van der Waals surface area contributed by atoms with Gasteiger partial charge in [0.15, 0.2) is 11.5 Å². The molecule has 5 heteroatoms. The third-order valence-electron chi connectivity index (χ3n) is 2.97. The molecule has 0 aromatic heterocycles. The van der Waals surface area contributed by atoms with Crippen LogP contribution in [-0.2, 0) is 4.79 Å². The molecule has 1 aliphatic rings. The van der Waals surface area contributed by atoms with E-state index in [0.29, 0.717) is 22.8 Å². The highest BCUT2D eigenvalue weighted by Crippen LogP contribution is 2.31. The lowest BCUT2D eigenvalue weighted by Gasteiger charge is -2.24. The summed E-state index contributed by atoms with van der Waals surface area (Å²) in [4.78, 5) is 12.0. The Hall–Kier alpha value is -3.00. The van der Waals surface area contributed by atoms with Crippen LogP contribution < -0.4 is 14.2 Å². The van der Waals surface area contributed by atoms with Gasteiger partial charge in [0.25, 0.3) is 0 Å². The molecule has 21 heavy (non-hydrogen) atoms. The van der Waals surface area contributed by atoms with E-state index in [2.05, 4.69) is 0 Å². The molecule has 104 valence electrons. The molecule has 2 aromatic rings. The summed E-state index contributed by atoms with van der Waals surface area (Å²) in [5, 5.41) is 8.71. The van der Waals surface area contributed by atoms with E-state index < -0.39 is 12.1 Å². The Labute approximate surface area is 121 Å². The highest BCUT2D eigenvalue weighted by Gasteiger charge is 2.29. The number of carbonyl (C=O) groups excluding carboxylic acids is 1. The van der Waals surface area contributed by atoms with Crippen molar-refractivity contribution in [1.82, 2.24) is 0 Å². The predicted octanol–water partition coefficient (Wildman–Crippen LogP) is 2.30. The average molecular weight is 281 g/mol. The lowest BCUT2D eigenvalue weighted by atomic mass is 10.2. The van der Waals surface area contributed by atoms with Gasteiger partial charge in [-0.2, -0.15) is 5.26 Å². The van der Waals surface area contributed by atoms with E-state index in [1.807, 2.05) is 12.1 Å². The molecule has 0 unspecified atom stereocenters. The van der Waals surface area contributed by atoms with Gasteiger partial charge in [0.1, 0.15) is 12.4 Å². The van der Waals surface area contributed by atoms with Gasteiger partial charge in [-0.15, -0.1) is 0 Å². The number of nitrogens with zero attached hydrogens (tertiary/aromatic N) is 1. The lowest BCUT2D eigenvalue weighted by molar-refractivity contribution is -0.144. The molecule has 0 radical (unpaired) electrons. The molecule has 0 fully saturated rings. The van der Waals surface area contributed by atoms with Gasteiger partial charge < -0.3 is 14.2 Å². The molecule has 0 bridgehead atoms. The van der Waals surface area contributed by atoms with Crippen LogP contribution >= 0.6 is 0 Å². The van der Waals surface area contributed by atoms with Crippen LogP contribution in [0.4, 0.5) is 0 Å². The van der Waals surface area contributed by atoms with Gasteiger partial charge in [-0.3, -0.25) is 0 Å². The second kappa shape index (κ2) is 5.55. The van der Waals surface area contributed by atoms with Crippen molar-refractivity contribution in [3.8, 4) is 23.3 Å². The van der Waals surface area contributed by atoms with E-state index in [1.165, 1.54) is 0 Å². The number of hydrogen-bond acceptors (Lipinski definition) is 5. The number of ether oxygens (including phenoxy) is 3. The summed E-state index contributed by atoms with van der Waals surface area (Å²) in [6, 6.07) is 15.4. The molecular weight excluding hydrogens is 270 g/mol. The number of hydrogen-bond donors (Lipinski definition) is 0. The van der Waals surface area contributed by atoms with Crippen molar-refractivity contribution in [3.63, 3.8) is 0 Å². The Bertz CT molecular complexity index is 703. The maximum atomic E-state index is 12.0. The standard InChI is InChI=1S/C16H11NO4/c17-9-11-5-7-12(8-6-11)20-16(18)15-10-19-13-3-1-2-4-14(13)21-15/h1-8,15H,10H2/t15-/m0/s1. The Morgan fingerprint density at radius 3 is 2.57 bits per heavy atom. The summed E-state index contributed by atoms with van der Waals surface area (Å²) in [5.74, 6) is 0.959. The molecule has 1 aliphatic heterocycles. The first-order chi connectivity index (χ1) is 10.3. The van der Waals surface area contributed by atoms with E-state index >= 15 is 0 Å². The monoisotopic (exact) mass is 281 g/mol. The number of nitriles is 1. The van der Waals surface area contributed by atoms with Gasteiger partial charge in [-0.1, -0.05) is 12.1 Å². The third-order valence-corrected chi connectivity index (χ3v) is 2.97. The van der Waals surface area contributed by atoms with Crippen molar-refractivity contribution in [3.05, 3.63) is 54.1 Å². The van der Waals surface area contributed by atoms with Crippen LogP contribution in [0.25, 0.3) is 0 Å². The molecular formula is C16H11NO4. The summed E-state index contributed by atoms with van der Waals surface area (Å²) in [6.07, 6.45) is -0.810. The molecule has 0 spiro atoms. The minimum absolute atomic E-state index is 0.103. The Kier molecular flexibility index (Phi) is 3.44. The van der Waals surface area contributed by atoms with Gasteiger partial charge in [-0.05, 0) is 36.4 Å². The van der Waals surface area contributed by atoms with Gasteiger partial charge >= 0.3 is 5.97 Å². The van der Waals surface area contributed by atoms with Gasteiger partial charge in [0.2, 0.25) is 6.10 Å². The SMILES string of the molecule is N#Cc1ccc(OC(=O)[C@@H]2COc3ccccc3O2)cc1. The maximum absolute atomic E-state index is 12.0. The van der Waals surface area contributed by atoms with Crippen LogP contribution in [0.5, 0.6) is 17.2 Å². The largest absolute Gasteiger partial charge is 0.485 e. The van der Waals surface area contributed by atoms with Crippen molar-refractivity contribution in [1.29, 1.82) is 5.26 Å². The van der Waals surface area contributed by atoms with Crippen molar-refractivity contribution in [2.45, 2.75) is 6.10 Å². The van der Waals surface area contributed by atoms with Crippen LogP contribution in [-0.4, -0.2) is 18.7 Å². The highest BCUT2D eigenvalue weighted by atomic mass is 16.6. The fourth-order valence-electron chi connectivity index (χ4n) is 1.92. The Morgan fingerprint density at radius 2 is 1.86 bits per heavy atom. The van der Waals surface area contributed by atoms with Gasteiger partial charge in [0, 0.05) is 0 Å². The third kappa shape index (κ3) is 2.79.